The fraction of sp³-hybridized carbons (Fsp3) is 0.429. The van der Waals surface area contributed by atoms with Crippen molar-refractivity contribution in [2.45, 2.75) is 25.8 Å². The number of aryl methyl sites for hydroxylation is 1. The average molecular weight is 236 g/mol. The van der Waals surface area contributed by atoms with Crippen LogP contribution in [0.25, 0.3) is 0 Å². The molecule has 2 unspecified atom stereocenters. The first-order valence-electron chi connectivity index (χ1n) is 5.83. The molecule has 1 aliphatic rings. The molecule has 0 aromatic heterocycles. The molecule has 0 bridgehead atoms. The number of fused-ring (bicyclic) bond motifs is 1. The second-order valence-corrected chi connectivity index (χ2v) is 5.13. The standard InChI is InChI=1S/C14H18ClN/c1-10-7-8-12-5-3-4-6-13(12)14(10)16-9-11(2)15/h3-6,10,14,16H,2,7-9H2,1H3. The summed E-state index contributed by atoms with van der Waals surface area (Å²) in [4.78, 5) is 0. The lowest BCUT2D eigenvalue weighted by Crippen LogP contribution is -2.31. The van der Waals surface area contributed by atoms with Gasteiger partial charge in [0.25, 0.3) is 0 Å². The fourth-order valence-corrected chi connectivity index (χ4v) is 2.53. The Morgan fingerprint density at radius 3 is 3.00 bits per heavy atom. The predicted octanol–water partition coefficient (Wildman–Crippen LogP) is 3.65. The van der Waals surface area contributed by atoms with Gasteiger partial charge in [-0.05, 0) is 29.9 Å². The van der Waals surface area contributed by atoms with E-state index in [9.17, 15) is 0 Å². The van der Waals surface area contributed by atoms with Crippen molar-refractivity contribution in [2.75, 3.05) is 6.54 Å². The molecule has 1 aliphatic carbocycles. The van der Waals surface area contributed by atoms with E-state index in [0.717, 1.165) is 0 Å². The van der Waals surface area contributed by atoms with Gasteiger partial charge in [0.15, 0.2) is 0 Å². The highest BCUT2D eigenvalue weighted by atomic mass is 35.5. The maximum absolute atomic E-state index is 5.81. The Hall–Kier alpha value is -0.790. The van der Waals surface area contributed by atoms with E-state index in [-0.39, 0.29) is 0 Å². The first-order valence-corrected chi connectivity index (χ1v) is 6.20. The third-order valence-corrected chi connectivity index (χ3v) is 3.48. The molecule has 0 heterocycles. The maximum Gasteiger partial charge on any atom is 0.0352 e. The molecule has 0 radical (unpaired) electrons. The summed E-state index contributed by atoms with van der Waals surface area (Å²) in [6.45, 7) is 6.71. The van der Waals surface area contributed by atoms with E-state index in [1.165, 1.54) is 24.0 Å². The van der Waals surface area contributed by atoms with Crippen LogP contribution in [0.15, 0.2) is 35.9 Å². The van der Waals surface area contributed by atoms with Crippen molar-refractivity contribution in [1.82, 2.24) is 5.32 Å². The molecule has 1 aromatic rings. The molecule has 1 nitrogen and oxygen atoms in total. The lowest BCUT2D eigenvalue weighted by Gasteiger charge is -2.32. The van der Waals surface area contributed by atoms with Crippen LogP contribution in [0.3, 0.4) is 0 Å². The number of hydrogen-bond donors (Lipinski definition) is 1. The van der Waals surface area contributed by atoms with Crippen molar-refractivity contribution < 1.29 is 0 Å². The third kappa shape index (κ3) is 2.47. The van der Waals surface area contributed by atoms with Gasteiger partial charge in [0.2, 0.25) is 0 Å². The van der Waals surface area contributed by atoms with Gasteiger partial charge in [0.05, 0.1) is 0 Å². The van der Waals surface area contributed by atoms with Crippen LogP contribution >= 0.6 is 11.6 Å². The molecular formula is C14H18ClN. The first-order chi connectivity index (χ1) is 7.68. The first kappa shape index (κ1) is 11.7. The SMILES string of the molecule is C=C(Cl)CNC1c2ccccc2CCC1C. The zero-order valence-electron chi connectivity index (χ0n) is 9.67. The highest BCUT2D eigenvalue weighted by molar-refractivity contribution is 6.29. The smallest absolute Gasteiger partial charge is 0.0352 e. The molecule has 0 saturated carbocycles. The van der Waals surface area contributed by atoms with Crippen molar-refractivity contribution in [3.05, 3.63) is 47.0 Å². The van der Waals surface area contributed by atoms with Gasteiger partial charge in [0, 0.05) is 17.6 Å². The van der Waals surface area contributed by atoms with E-state index in [1.54, 1.807) is 0 Å². The number of rotatable bonds is 3. The average Bonchev–Trinajstić information content (AvgIpc) is 2.27. The Morgan fingerprint density at radius 2 is 2.25 bits per heavy atom. The zero-order valence-corrected chi connectivity index (χ0v) is 10.4. The summed E-state index contributed by atoms with van der Waals surface area (Å²) in [5, 5.41) is 4.17. The summed E-state index contributed by atoms with van der Waals surface area (Å²) in [6, 6.07) is 9.10. The minimum absolute atomic E-state index is 0.417. The Kier molecular flexibility index (Phi) is 3.67. The molecule has 0 fully saturated rings. The Morgan fingerprint density at radius 1 is 1.50 bits per heavy atom. The Bertz CT molecular complexity index is 386. The number of benzene rings is 1. The minimum Gasteiger partial charge on any atom is -0.305 e. The van der Waals surface area contributed by atoms with Gasteiger partial charge < -0.3 is 5.32 Å². The quantitative estimate of drug-likeness (QED) is 0.843. The van der Waals surface area contributed by atoms with Crippen LogP contribution in [0.4, 0.5) is 0 Å². The molecule has 0 saturated heterocycles. The maximum atomic E-state index is 5.81. The third-order valence-electron chi connectivity index (χ3n) is 3.34. The largest absolute Gasteiger partial charge is 0.305 e. The van der Waals surface area contributed by atoms with Crippen LogP contribution in [-0.4, -0.2) is 6.54 Å². The van der Waals surface area contributed by atoms with Crippen LogP contribution in [0.2, 0.25) is 0 Å². The Balaban J connectivity index is 2.19. The van der Waals surface area contributed by atoms with Crippen molar-refractivity contribution in [1.29, 1.82) is 0 Å². The monoisotopic (exact) mass is 235 g/mol. The van der Waals surface area contributed by atoms with Gasteiger partial charge in [-0.15, -0.1) is 0 Å². The summed E-state index contributed by atoms with van der Waals surface area (Å²) in [5.41, 5.74) is 2.90. The molecule has 16 heavy (non-hydrogen) atoms. The fourth-order valence-electron chi connectivity index (χ4n) is 2.45. The Labute approximate surface area is 103 Å². The van der Waals surface area contributed by atoms with Gasteiger partial charge in [-0.3, -0.25) is 0 Å². The molecule has 86 valence electrons. The molecule has 2 heteroatoms. The lowest BCUT2D eigenvalue weighted by molar-refractivity contribution is 0.354. The van der Waals surface area contributed by atoms with Crippen LogP contribution in [0, 0.1) is 5.92 Å². The zero-order chi connectivity index (χ0) is 11.5. The van der Waals surface area contributed by atoms with Gasteiger partial charge in [-0.2, -0.15) is 0 Å². The molecule has 2 rings (SSSR count). The van der Waals surface area contributed by atoms with Crippen molar-refractivity contribution in [3.8, 4) is 0 Å². The summed E-state index contributed by atoms with van der Waals surface area (Å²) in [6.07, 6.45) is 2.43. The number of hydrogen-bond acceptors (Lipinski definition) is 1. The van der Waals surface area contributed by atoms with Gasteiger partial charge in [-0.25, -0.2) is 0 Å². The van der Waals surface area contributed by atoms with E-state index in [2.05, 4.69) is 43.1 Å². The van der Waals surface area contributed by atoms with Crippen molar-refractivity contribution >= 4 is 11.6 Å². The van der Waals surface area contributed by atoms with Crippen molar-refractivity contribution in [3.63, 3.8) is 0 Å². The normalized spacial score (nSPS) is 23.9. The second-order valence-electron chi connectivity index (χ2n) is 4.59. The summed E-state index contributed by atoms with van der Waals surface area (Å²) in [5.74, 6) is 0.658. The lowest BCUT2D eigenvalue weighted by atomic mass is 9.81. The summed E-state index contributed by atoms with van der Waals surface area (Å²) >= 11 is 5.81. The molecule has 2 atom stereocenters. The molecular weight excluding hydrogens is 218 g/mol. The van der Waals surface area contributed by atoms with Crippen LogP contribution in [0.1, 0.15) is 30.5 Å². The predicted molar refractivity (Wildman–Crippen MR) is 69.7 cm³/mol. The number of halogens is 1. The van der Waals surface area contributed by atoms with Gasteiger partial charge in [-0.1, -0.05) is 49.4 Å². The van der Waals surface area contributed by atoms with Gasteiger partial charge >= 0.3 is 0 Å². The number of nitrogens with one attached hydrogen (secondary N) is 1. The molecule has 1 N–H and O–H groups in total. The van der Waals surface area contributed by atoms with Crippen LogP contribution < -0.4 is 5.32 Å². The highest BCUT2D eigenvalue weighted by Crippen LogP contribution is 2.33. The van der Waals surface area contributed by atoms with E-state index >= 15 is 0 Å². The summed E-state index contributed by atoms with van der Waals surface area (Å²) in [7, 11) is 0. The van der Waals surface area contributed by atoms with E-state index < -0.39 is 0 Å². The molecule has 0 spiro atoms. The van der Waals surface area contributed by atoms with E-state index in [0.29, 0.717) is 23.5 Å². The van der Waals surface area contributed by atoms with E-state index in [1.807, 2.05) is 0 Å². The topological polar surface area (TPSA) is 12.0 Å². The van der Waals surface area contributed by atoms with Crippen LogP contribution in [-0.2, 0) is 6.42 Å². The van der Waals surface area contributed by atoms with E-state index in [4.69, 9.17) is 11.6 Å². The highest BCUT2D eigenvalue weighted by Gasteiger charge is 2.25. The molecule has 1 aromatic carbocycles. The minimum atomic E-state index is 0.417. The van der Waals surface area contributed by atoms with Crippen LogP contribution in [0.5, 0.6) is 0 Å². The van der Waals surface area contributed by atoms with Gasteiger partial charge in [0.1, 0.15) is 0 Å². The molecule has 0 amide bonds. The second kappa shape index (κ2) is 5.03. The van der Waals surface area contributed by atoms with Crippen molar-refractivity contribution in [2.24, 2.45) is 5.92 Å². The molecule has 0 aliphatic heterocycles. The summed E-state index contributed by atoms with van der Waals surface area (Å²) < 4.78 is 0.